The number of rotatable bonds is 6. The van der Waals surface area contributed by atoms with Crippen LogP contribution in [0.2, 0.25) is 0 Å². The van der Waals surface area contributed by atoms with Gasteiger partial charge in [0.25, 0.3) is 0 Å². The lowest BCUT2D eigenvalue weighted by Crippen LogP contribution is -2.32. The molecule has 6 heteroatoms. The maximum Gasteiger partial charge on any atom is 0.226 e. The molecule has 0 heterocycles. The summed E-state index contributed by atoms with van der Waals surface area (Å²) in [5.41, 5.74) is 7.40. The lowest BCUT2D eigenvalue weighted by atomic mass is 10.2. The van der Waals surface area contributed by atoms with Gasteiger partial charge in [-0.2, -0.15) is 0 Å². The van der Waals surface area contributed by atoms with Crippen molar-refractivity contribution in [1.29, 1.82) is 0 Å². The van der Waals surface area contributed by atoms with Crippen LogP contribution in [0.25, 0.3) is 0 Å². The highest BCUT2D eigenvalue weighted by atomic mass is 79.9. The van der Waals surface area contributed by atoms with Crippen LogP contribution >= 0.6 is 15.9 Å². The van der Waals surface area contributed by atoms with Gasteiger partial charge in [0.05, 0.1) is 6.54 Å². The highest BCUT2D eigenvalue weighted by Crippen LogP contribution is 2.20. The fourth-order valence-corrected chi connectivity index (χ4v) is 1.81. The Balaban J connectivity index is 2.44. The van der Waals surface area contributed by atoms with Crippen LogP contribution in [-0.4, -0.2) is 25.0 Å². The monoisotopic (exact) mass is 338 g/mol. The third-order valence-corrected chi connectivity index (χ3v) is 3.02. The molecule has 0 saturated heterocycles. The number of hydrogen-bond donors (Lipinski definition) is 3. The summed E-state index contributed by atoms with van der Waals surface area (Å²) in [4.78, 5) is 15.8. The van der Waals surface area contributed by atoms with Crippen LogP contribution in [-0.2, 0) is 4.79 Å². The number of carbonyl (C=O) groups excluding carboxylic acids is 1. The lowest BCUT2D eigenvalue weighted by Gasteiger charge is -2.08. The Morgan fingerprint density at radius 1 is 1.55 bits per heavy atom. The summed E-state index contributed by atoms with van der Waals surface area (Å²) in [6.07, 6.45) is 1.97. The first-order valence-electron chi connectivity index (χ1n) is 6.23. The summed E-state index contributed by atoms with van der Waals surface area (Å²) >= 11 is 3.38. The molecular formula is C14H19BrN4O. The Bertz CT molecular complexity index is 514. The van der Waals surface area contributed by atoms with E-state index in [9.17, 15) is 4.79 Å². The molecule has 1 amide bonds. The maximum absolute atomic E-state index is 11.8. The van der Waals surface area contributed by atoms with Crippen LogP contribution in [0.5, 0.6) is 0 Å². The third kappa shape index (κ3) is 5.88. The number of aryl methyl sites for hydroxylation is 1. The van der Waals surface area contributed by atoms with E-state index in [0.29, 0.717) is 19.0 Å². The Morgan fingerprint density at radius 2 is 2.30 bits per heavy atom. The summed E-state index contributed by atoms with van der Waals surface area (Å²) in [6, 6.07) is 5.74. The molecule has 0 atom stereocenters. The molecule has 1 aromatic rings. The van der Waals surface area contributed by atoms with Crippen molar-refractivity contribution < 1.29 is 4.79 Å². The third-order valence-electron chi connectivity index (χ3n) is 2.52. The molecule has 108 valence electrons. The SMILES string of the molecule is C=CCNC(N)=NCCC(=O)Nc1cc(Br)ccc1C. The van der Waals surface area contributed by atoms with Gasteiger partial charge in [0, 0.05) is 23.1 Å². The highest BCUT2D eigenvalue weighted by Gasteiger charge is 2.05. The number of halogens is 1. The molecule has 0 aliphatic carbocycles. The van der Waals surface area contributed by atoms with Crippen molar-refractivity contribution >= 4 is 33.5 Å². The molecule has 1 aromatic carbocycles. The first kappa shape index (κ1) is 16.2. The average Bonchev–Trinajstić information content (AvgIpc) is 2.40. The van der Waals surface area contributed by atoms with Gasteiger partial charge in [0.15, 0.2) is 5.96 Å². The summed E-state index contributed by atoms with van der Waals surface area (Å²) in [5, 5.41) is 5.70. The van der Waals surface area contributed by atoms with Crippen LogP contribution in [0, 0.1) is 6.92 Å². The van der Waals surface area contributed by atoms with Crippen molar-refractivity contribution in [2.75, 3.05) is 18.4 Å². The van der Waals surface area contributed by atoms with Gasteiger partial charge in [0.2, 0.25) is 5.91 Å². The van der Waals surface area contributed by atoms with Crippen molar-refractivity contribution in [3.8, 4) is 0 Å². The van der Waals surface area contributed by atoms with Gasteiger partial charge in [-0.15, -0.1) is 6.58 Å². The minimum absolute atomic E-state index is 0.0912. The minimum Gasteiger partial charge on any atom is -0.370 e. The van der Waals surface area contributed by atoms with E-state index in [4.69, 9.17) is 5.73 Å². The number of nitrogens with one attached hydrogen (secondary N) is 2. The maximum atomic E-state index is 11.8. The van der Waals surface area contributed by atoms with E-state index in [2.05, 4.69) is 38.1 Å². The number of nitrogens with two attached hydrogens (primary N) is 1. The second kappa shape index (κ2) is 8.37. The predicted molar refractivity (Wildman–Crippen MR) is 86.8 cm³/mol. The number of benzene rings is 1. The summed E-state index contributed by atoms with van der Waals surface area (Å²) in [7, 11) is 0. The second-order valence-electron chi connectivity index (χ2n) is 4.19. The van der Waals surface area contributed by atoms with Gasteiger partial charge >= 0.3 is 0 Å². The van der Waals surface area contributed by atoms with Gasteiger partial charge in [-0.3, -0.25) is 9.79 Å². The fraction of sp³-hybridized carbons (Fsp3) is 0.286. The van der Waals surface area contributed by atoms with E-state index in [1.807, 2.05) is 25.1 Å². The Kier molecular flexibility index (Phi) is 6.79. The molecule has 4 N–H and O–H groups in total. The molecular weight excluding hydrogens is 320 g/mol. The van der Waals surface area contributed by atoms with E-state index in [0.717, 1.165) is 15.7 Å². The molecule has 0 fully saturated rings. The molecule has 1 rings (SSSR count). The summed E-state index contributed by atoms with van der Waals surface area (Å²) in [5.74, 6) is 0.225. The van der Waals surface area contributed by atoms with E-state index >= 15 is 0 Å². The van der Waals surface area contributed by atoms with Crippen LogP contribution in [0.15, 0.2) is 40.3 Å². The summed E-state index contributed by atoms with van der Waals surface area (Å²) < 4.78 is 0.925. The summed E-state index contributed by atoms with van der Waals surface area (Å²) in [6.45, 7) is 6.40. The van der Waals surface area contributed by atoms with Gasteiger partial charge in [-0.1, -0.05) is 28.1 Å². The van der Waals surface area contributed by atoms with Crippen LogP contribution in [0.4, 0.5) is 5.69 Å². The fourth-order valence-electron chi connectivity index (χ4n) is 1.45. The van der Waals surface area contributed by atoms with Crippen LogP contribution in [0.3, 0.4) is 0 Å². The van der Waals surface area contributed by atoms with Crippen molar-refractivity contribution in [1.82, 2.24) is 5.32 Å². The van der Waals surface area contributed by atoms with E-state index in [1.54, 1.807) is 6.08 Å². The van der Waals surface area contributed by atoms with Gasteiger partial charge in [-0.05, 0) is 24.6 Å². The zero-order valence-electron chi connectivity index (χ0n) is 11.4. The molecule has 0 unspecified atom stereocenters. The zero-order chi connectivity index (χ0) is 15.0. The molecule has 0 radical (unpaired) electrons. The van der Waals surface area contributed by atoms with E-state index in [1.165, 1.54) is 0 Å². The molecule has 0 bridgehead atoms. The predicted octanol–water partition coefficient (Wildman–Crippen LogP) is 2.18. The highest BCUT2D eigenvalue weighted by molar-refractivity contribution is 9.10. The van der Waals surface area contributed by atoms with Crippen molar-refractivity contribution in [2.24, 2.45) is 10.7 Å². The molecule has 0 aromatic heterocycles. The molecule has 0 aliphatic rings. The zero-order valence-corrected chi connectivity index (χ0v) is 13.0. The normalized spacial score (nSPS) is 11.0. The van der Waals surface area contributed by atoms with E-state index in [-0.39, 0.29) is 12.3 Å². The van der Waals surface area contributed by atoms with Crippen LogP contribution in [0.1, 0.15) is 12.0 Å². The lowest BCUT2D eigenvalue weighted by molar-refractivity contribution is -0.116. The largest absolute Gasteiger partial charge is 0.370 e. The molecule has 0 aliphatic heterocycles. The number of anilines is 1. The number of carbonyl (C=O) groups is 1. The van der Waals surface area contributed by atoms with Gasteiger partial charge in [-0.25, -0.2) is 0 Å². The minimum atomic E-state index is -0.0912. The molecule has 5 nitrogen and oxygen atoms in total. The standard InChI is InChI=1S/C14H19BrN4O/c1-3-7-17-14(16)18-8-6-13(20)19-12-9-11(15)5-4-10(12)2/h3-5,9H,1,6-8H2,2H3,(H,19,20)(H3,16,17,18). The van der Waals surface area contributed by atoms with Gasteiger partial charge < -0.3 is 16.4 Å². The van der Waals surface area contributed by atoms with E-state index < -0.39 is 0 Å². The smallest absolute Gasteiger partial charge is 0.226 e. The van der Waals surface area contributed by atoms with Crippen molar-refractivity contribution in [3.05, 3.63) is 40.9 Å². The second-order valence-corrected chi connectivity index (χ2v) is 5.11. The molecule has 0 saturated carbocycles. The first-order valence-corrected chi connectivity index (χ1v) is 7.03. The van der Waals surface area contributed by atoms with Crippen molar-refractivity contribution in [2.45, 2.75) is 13.3 Å². The Morgan fingerprint density at radius 3 is 3.00 bits per heavy atom. The first-order chi connectivity index (χ1) is 9.52. The molecule has 0 spiro atoms. The quantitative estimate of drug-likeness (QED) is 0.422. The van der Waals surface area contributed by atoms with Crippen molar-refractivity contribution in [3.63, 3.8) is 0 Å². The number of guanidine groups is 1. The van der Waals surface area contributed by atoms with Crippen LogP contribution < -0.4 is 16.4 Å². The number of nitrogens with zero attached hydrogens (tertiary/aromatic N) is 1. The number of hydrogen-bond acceptors (Lipinski definition) is 2. The topological polar surface area (TPSA) is 79.5 Å². The Labute approximate surface area is 127 Å². The Hall–Kier alpha value is -1.82. The van der Waals surface area contributed by atoms with Gasteiger partial charge in [0.1, 0.15) is 0 Å². The average molecular weight is 339 g/mol. The number of aliphatic imine (C=N–C) groups is 1. The molecule has 20 heavy (non-hydrogen) atoms. The number of amides is 1.